The van der Waals surface area contributed by atoms with E-state index in [1.54, 1.807) is 0 Å². The van der Waals surface area contributed by atoms with Gasteiger partial charge in [-0.05, 0) is 109 Å². The van der Waals surface area contributed by atoms with E-state index in [1.807, 2.05) is 0 Å². The first-order valence-corrected chi connectivity index (χ1v) is 33.7. The highest BCUT2D eigenvalue weighted by atomic mass is 16.6. The highest BCUT2D eigenvalue weighted by Gasteiger charge is 2.16. The molecular weight excluding hydrogens is 981 g/mol. The lowest BCUT2D eigenvalue weighted by molar-refractivity contribution is -0.161. The Bertz CT molecular complexity index is 1630. The van der Waals surface area contributed by atoms with Crippen molar-refractivity contribution >= 4 is 11.9 Å². The molecule has 0 amide bonds. The highest BCUT2D eigenvalue weighted by molar-refractivity contribution is 5.70. The third kappa shape index (κ3) is 66.6. The minimum atomic E-state index is -0.780. The predicted octanol–water partition coefficient (Wildman–Crippen LogP) is 23.5. The predicted molar refractivity (Wildman–Crippen MR) is 352 cm³/mol. The van der Waals surface area contributed by atoms with E-state index in [2.05, 4.69) is 148 Å². The molecule has 0 aromatic rings. The van der Waals surface area contributed by atoms with Crippen LogP contribution in [0.1, 0.15) is 309 Å². The lowest BCUT2D eigenvalue weighted by Crippen LogP contribution is -2.28. The molecule has 0 aliphatic heterocycles. The molecule has 0 fully saturated rings. The summed E-state index contributed by atoms with van der Waals surface area (Å²) in [5, 5.41) is 9.69. The number of hydrogen-bond acceptors (Lipinski definition) is 5. The average molecular weight is 1110 g/mol. The monoisotopic (exact) mass is 1110 g/mol. The number of aliphatic hydroxyl groups excluding tert-OH is 1. The minimum Gasteiger partial charge on any atom is -0.462 e. The smallest absolute Gasteiger partial charge is 0.306 e. The zero-order valence-electron chi connectivity index (χ0n) is 52.3. The third-order valence-corrected chi connectivity index (χ3v) is 14.4. The van der Waals surface area contributed by atoms with Gasteiger partial charge in [-0.25, -0.2) is 0 Å². The number of carbonyl (C=O) groups is 2. The fraction of sp³-hybridized carbons (Fsp3) is 0.680. The molecule has 1 N–H and O–H groups in total. The number of ether oxygens (including phenoxy) is 2. The van der Waals surface area contributed by atoms with Crippen LogP contribution in [0.4, 0.5) is 0 Å². The summed E-state index contributed by atoms with van der Waals surface area (Å²) in [6, 6.07) is 0. The fourth-order valence-corrected chi connectivity index (χ4v) is 9.47. The second-order valence-electron chi connectivity index (χ2n) is 22.1. The molecule has 0 rings (SSSR count). The van der Waals surface area contributed by atoms with Gasteiger partial charge in [0.25, 0.3) is 0 Å². The maximum Gasteiger partial charge on any atom is 0.306 e. The van der Waals surface area contributed by atoms with E-state index in [0.717, 1.165) is 109 Å². The van der Waals surface area contributed by atoms with Crippen molar-refractivity contribution < 1.29 is 24.2 Å². The molecular formula is C75H126O5. The standard InChI is InChI=1S/C75H126O5/c1-3-5-7-9-11-13-15-17-19-21-23-25-27-29-30-31-32-33-34-35-36-37-38-39-40-41-42-43-44-46-48-50-52-54-56-58-60-62-64-66-68-70-75(78)80-73(71-76)72-79-74(77)69-67-65-63-61-59-57-55-53-51-49-47-45-28-26-24-22-20-18-16-14-12-10-8-6-4-2/h5-8,11-14,17-20,23-26,29-30,32-33,35-36,73,76H,3-4,9-10,15-16,21-22,27-28,31,34,37-72H2,1-2H3/b7-5-,8-6-,13-11-,14-12-,19-17-,20-18-,25-23-,26-24-,30-29-,33-32-,36-35-. The first-order chi connectivity index (χ1) is 39.6. The third-order valence-electron chi connectivity index (χ3n) is 14.4. The van der Waals surface area contributed by atoms with E-state index >= 15 is 0 Å². The Kier molecular flexibility index (Phi) is 65.9. The van der Waals surface area contributed by atoms with Crippen LogP contribution < -0.4 is 0 Å². The van der Waals surface area contributed by atoms with E-state index < -0.39 is 6.10 Å². The van der Waals surface area contributed by atoms with Crippen LogP contribution in [-0.4, -0.2) is 36.4 Å². The van der Waals surface area contributed by atoms with Gasteiger partial charge in [0.15, 0.2) is 6.10 Å². The summed E-state index contributed by atoms with van der Waals surface area (Å²) in [5.74, 6) is -0.586. The Morgan fingerprint density at radius 2 is 0.500 bits per heavy atom. The first kappa shape index (κ1) is 76.0. The molecule has 0 aromatic heterocycles. The second-order valence-corrected chi connectivity index (χ2v) is 22.1. The summed E-state index contributed by atoms with van der Waals surface area (Å²) >= 11 is 0. The molecule has 0 heterocycles. The normalized spacial score (nSPS) is 13.1. The molecule has 1 unspecified atom stereocenters. The topological polar surface area (TPSA) is 72.8 Å². The molecule has 0 spiro atoms. The number of hydrogen-bond donors (Lipinski definition) is 1. The van der Waals surface area contributed by atoms with E-state index in [9.17, 15) is 14.7 Å². The van der Waals surface area contributed by atoms with Crippen molar-refractivity contribution in [3.63, 3.8) is 0 Å². The largest absolute Gasteiger partial charge is 0.462 e. The summed E-state index contributed by atoms with van der Waals surface area (Å²) in [6.07, 6.45) is 103. The Balaban J connectivity index is 3.47. The molecule has 80 heavy (non-hydrogen) atoms. The van der Waals surface area contributed by atoms with Crippen molar-refractivity contribution in [1.29, 1.82) is 0 Å². The maximum atomic E-state index is 12.4. The maximum absolute atomic E-state index is 12.4. The zero-order valence-corrected chi connectivity index (χ0v) is 52.3. The van der Waals surface area contributed by atoms with Gasteiger partial charge < -0.3 is 14.6 Å². The van der Waals surface area contributed by atoms with E-state index in [1.165, 1.54) is 173 Å². The average Bonchev–Trinajstić information content (AvgIpc) is 3.46. The number of esters is 2. The van der Waals surface area contributed by atoms with Crippen LogP contribution >= 0.6 is 0 Å². The van der Waals surface area contributed by atoms with Crippen LogP contribution in [0.3, 0.4) is 0 Å². The fourth-order valence-electron chi connectivity index (χ4n) is 9.47. The molecule has 0 saturated carbocycles. The van der Waals surface area contributed by atoms with Gasteiger partial charge in [0.2, 0.25) is 0 Å². The van der Waals surface area contributed by atoms with Gasteiger partial charge in [-0.3, -0.25) is 9.59 Å². The van der Waals surface area contributed by atoms with E-state index in [4.69, 9.17) is 9.47 Å². The number of rotatable bonds is 61. The molecule has 0 aliphatic rings. The van der Waals surface area contributed by atoms with Crippen molar-refractivity contribution in [3.8, 4) is 0 Å². The molecule has 0 aliphatic carbocycles. The van der Waals surface area contributed by atoms with E-state index in [-0.39, 0.29) is 25.2 Å². The van der Waals surface area contributed by atoms with Gasteiger partial charge >= 0.3 is 11.9 Å². The quantitative estimate of drug-likeness (QED) is 0.0373. The Morgan fingerprint density at radius 3 is 0.750 bits per heavy atom. The minimum absolute atomic E-state index is 0.0694. The summed E-state index contributed by atoms with van der Waals surface area (Å²) in [6.45, 7) is 3.93. The van der Waals surface area contributed by atoms with Crippen molar-refractivity contribution in [1.82, 2.24) is 0 Å². The zero-order chi connectivity index (χ0) is 57.6. The Hall–Kier alpha value is -3.96. The van der Waals surface area contributed by atoms with Crippen molar-refractivity contribution in [2.24, 2.45) is 0 Å². The molecule has 456 valence electrons. The molecule has 1 atom stereocenters. The Morgan fingerprint density at radius 1 is 0.287 bits per heavy atom. The van der Waals surface area contributed by atoms with Gasteiger partial charge in [-0.15, -0.1) is 0 Å². The number of allylic oxidation sites excluding steroid dienone is 22. The van der Waals surface area contributed by atoms with Crippen molar-refractivity contribution in [2.75, 3.05) is 13.2 Å². The molecule has 0 saturated heterocycles. The van der Waals surface area contributed by atoms with Gasteiger partial charge in [-0.1, -0.05) is 321 Å². The van der Waals surface area contributed by atoms with Crippen LogP contribution in [0.15, 0.2) is 134 Å². The van der Waals surface area contributed by atoms with Crippen molar-refractivity contribution in [2.45, 2.75) is 315 Å². The molecule has 0 bridgehead atoms. The van der Waals surface area contributed by atoms with Gasteiger partial charge in [0.05, 0.1) is 6.61 Å². The lowest BCUT2D eigenvalue weighted by atomic mass is 10.0. The van der Waals surface area contributed by atoms with Crippen LogP contribution in [0, 0.1) is 0 Å². The summed E-state index contributed by atoms with van der Waals surface area (Å²) in [4.78, 5) is 24.6. The first-order valence-electron chi connectivity index (χ1n) is 33.7. The number of aliphatic hydroxyl groups is 1. The van der Waals surface area contributed by atoms with E-state index in [0.29, 0.717) is 12.8 Å². The molecule has 5 nitrogen and oxygen atoms in total. The van der Waals surface area contributed by atoms with Gasteiger partial charge in [-0.2, -0.15) is 0 Å². The van der Waals surface area contributed by atoms with Gasteiger partial charge in [0.1, 0.15) is 6.61 Å². The molecule has 5 heteroatoms. The van der Waals surface area contributed by atoms with Gasteiger partial charge in [0, 0.05) is 12.8 Å². The van der Waals surface area contributed by atoms with Crippen LogP contribution in [0.2, 0.25) is 0 Å². The number of carbonyl (C=O) groups excluding carboxylic acids is 2. The lowest BCUT2D eigenvalue weighted by Gasteiger charge is -2.15. The Labute approximate surface area is 496 Å². The summed E-state index contributed by atoms with van der Waals surface area (Å²) in [5.41, 5.74) is 0. The highest BCUT2D eigenvalue weighted by Crippen LogP contribution is 2.17. The van der Waals surface area contributed by atoms with Crippen LogP contribution in [-0.2, 0) is 19.1 Å². The summed E-state index contributed by atoms with van der Waals surface area (Å²) in [7, 11) is 0. The molecule has 0 aromatic carbocycles. The summed E-state index contributed by atoms with van der Waals surface area (Å²) < 4.78 is 10.7. The van der Waals surface area contributed by atoms with Crippen LogP contribution in [0.25, 0.3) is 0 Å². The van der Waals surface area contributed by atoms with Crippen molar-refractivity contribution in [3.05, 3.63) is 134 Å². The second kappa shape index (κ2) is 69.3. The van der Waals surface area contributed by atoms with Crippen LogP contribution in [0.5, 0.6) is 0 Å². The number of unbranched alkanes of at least 4 members (excludes halogenated alkanes) is 31. The SMILES string of the molecule is CC/C=C\C/C=C\C/C=C\C/C=C\C/C=C\C/C=C\C/C=C\CCCCCCCCCCCCCCCCCCCCCC(=O)OC(CO)COC(=O)CCCCCCCCCCCCCC/C=C\C/C=C\C/C=C\C/C=C\CC. The molecule has 0 radical (unpaired) electrons.